The molecular formula is C15H23N3O2. The molecule has 2 unspecified atom stereocenters. The molecule has 1 amide bonds. The van der Waals surface area contributed by atoms with Gasteiger partial charge in [0, 0.05) is 19.8 Å². The highest BCUT2D eigenvalue weighted by Gasteiger charge is 2.30. The average molecular weight is 277 g/mol. The van der Waals surface area contributed by atoms with Crippen molar-refractivity contribution in [1.29, 1.82) is 0 Å². The molecule has 2 N–H and O–H groups in total. The Labute approximate surface area is 120 Å². The first-order chi connectivity index (χ1) is 9.65. The van der Waals surface area contributed by atoms with Gasteiger partial charge in [0.1, 0.15) is 0 Å². The molecule has 5 heteroatoms. The zero-order chi connectivity index (χ0) is 14.5. The van der Waals surface area contributed by atoms with Crippen LogP contribution in [0.1, 0.15) is 43.0 Å². The summed E-state index contributed by atoms with van der Waals surface area (Å²) in [6.07, 6.45) is 6.63. The maximum Gasteiger partial charge on any atom is 0.256 e. The average Bonchev–Trinajstić information content (AvgIpc) is 2.47. The van der Waals surface area contributed by atoms with E-state index in [1.54, 1.807) is 30.4 Å². The van der Waals surface area contributed by atoms with Crippen LogP contribution < -0.4 is 5.32 Å². The molecule has 0 bridgehead atoms. The molecule has 2 rings (SSSR count). The van der Waals surface area contributed by atoms with Crippen molar-refractivity contribution in [2.45, 2.75) is 44.8 Å². The molecular weight excluding hydrogens is 254 g/mol. The Morgan fingerprint density at radius 1 is 1.50 bits per heavy atom. The molecule has 1 aliphatic rings. The summed E-state index contributed by atoms with van der Waals surface area (Å²) in [4.78, 5) is 18.4. The van der Waals surface area contributed by atoms with Crippen LogP contribution in [0.5, 0.6) is 0 Å². The van der Waals surface area contributed by atoms with Crippen molar-refractivity contribution in [2.75, 3.05) is 18.9 Å². The Hall–Kier alpha value is -1.62. The standard InChI is InChI=1S/C15H23N3O2/c1-3-17-12-10-16-9-8-11(12)15(20)18(2)13-6-4-5-7-14(13)19/h8-10,13-14,17,19H,3-7H2,1-2H3. The third-order valence-electron chi connectivity index (χ3n) is 3.93. The van der Waals surface area contributed by atoms with Crippen molar-refractivity contribution in [3.05, 3.63) is 24.0 Å². The smallest absolute Gasteiger partial charge is 0.256 e. The SMILES string of the molecule is CCNc1cnccc1C(=O)N(C)C1CCCCC1O. The van der Waals surface area contributed by atoms with Crippen molar-refractivity contribution >= 4 is 11.6 Å². The molecule has 0 spiro atoms. The number of amides is 1. The van der Waals surface area contributed by atoms with Crippen molar-refractivity contribution in [3.63, 3.8) is 0 Å². The number of carbonyl (C=O) groups is 1. The zero-order valence-electron chi connectivity index (χ0n) is 12.2. The molecule has 2 atom stereocenters. The Bertz CT molecular complexity index is 464. The van der Waals surface area contributed by atoms with Gasteiger partial charge in [-0.15, -0.1) is 0 Å². The van der Waals surface area contributed by atoms with Gasteiger partial charge < -0.3 is 15.3 Å². The van der Waals surface area contributed by atoms with Gasteiger partial charge in [-0.05, 0) is 25.8 Å². The number of rotatable bonds is 4. The number of nitrogens with one attached hydrogen (secondary N) is 1. The Morgan fingerprint density at radius 3 is 2.95 bits per heavy atom. The van der Waals surface area contributed by atoms with Gasteiger partial charge in [-0.2, -0.15) is 0 Å². The lowest BCUT2D eigenvalue weighted by Gasteiger charge is -2.35. The second-order valence-electron chi connectivity index (χ2n) is 5.29. The first-order valence-corrected chi connectivity index (χ1v) is 7.28. The quantitative estimate of drug-likeness (QED) is 0.882. The van der Waals surface area contributed by atoms with Gasteiger partial charge in [-0.25, -0.2) is 0 Å². The van der Waals surface area contributed by atoms with Crippen LogP contribution in [-0.2, 0) is 0 Å². The van der Waals surface area contributed by atoms with E-state index in [0.717, 1.165) is 37.9 Å². The summed E-state index contributed by atoms with van der Waals surface area (Å²) < 4.78 is 0. The fraction of sp³-hybridized carbons (Fsp3) is 0.600. The van der Waals surface area contributed by atoms with E-state index in [1.165, 1.54) is 0 Å². The van der Waals surface area contributed by atoms with E-state index in [2.05, 4.69) is 10.3 Å². The van der Waals surface area contributed by atoms with Crippen molar-refractivity contribution < 1.29 is 9.90 Å². The molecule has 5 nitrogen and oxygen atoms in total. The van der Waals surface area contributed by atoms with E-state index in [4.69, 9.17) is 0 Å². The van der Waals surface area contributed by atoms with Crippen LogP contribution in [0.2, 0.25) is 0 Å². The summed E-state index contributed by atoms with van der Waals surface area (Å²) in [6, 6.07) is 1.64. The summed E-state index contributed by atoms with van der Waals surface area (Å²) in [5, 5.41) is 13.2. The summed E-state index contributed by atoms with van der Waals surface area (Å²) in [7, 11) is 1.78. The van der Waals surface area contributed by atoms with Gasteiger partial charge in [-0.1, -0.05) is 12.8 Å². The second kappa shape index (κ2) is 6.70. The van der Waals surface area contributed by atoms with Crippen LogP contribution in [0.15, 0.2) is 18.5 Å². The molecule has 0 aliphatic heterocycles. The predicted molar refractivity (Wildman–Crippen MR) is 78.8 cm³/mol. The third kappa shape index (κ3) is 3.10. The number of likely N-dealkylation sites (N-methyl/N-ethyl adjacent to an activating group) is 1. The summed E-state index contributed by atoms with van der Waals surface area (Å²) in [6.45, 7) is 2.72. The monoisotopic (exact) mass is 277 g/mol. The Balaban J connectivity index is 2.17. The number of pyridine rings is 1. The van der Waals surface area contributed by atoms with Crippen LogP contribution in [0.25, 0.3) is 0 Å². The lowest BCUT2D eigenvalue weighted by Crippen LogP contribution is -2.46. The first kappa shape index (κ1) is 14.8. The number of hydrogen-bond acceptors (Lipinski definition) is 4. The first-order valence-electron chi connectivity index (χ1n) is 7.28. The van der Waals surface area contributed by atoms with Gasteiger partial charge in [0.2, 0.25) is 0 Å². The van der Waals surface area contributed by atoms with Gasteiger partial charge in [0.15, 0.2) is 0 Å². The maximum atomic E-state index is 12.6. The minimum absolute atomic E-state index is 0.0608. The van der Waals surface area contributed by atoms with E-state index in [-0.39, 0.29) is 11.9 Å². The molecule has 1 aromatic heterocycles. The maximum absolute atomic E-state index is 12.6. The lowest BCUT2D eigenvalue weighted by molar-refractivity contribution is 0.0268. The van der Waals surface area contributed by atoms with Gasteiger partial charge in [0.25, 0.3) is 5.91 Å². The van der Waals surface area contributed by atoms with E-state index >= 15 is 0 Å². The number of hydrogen-bond donors (Lipinski definition) is 2. The Morgan fingerprint density at radius 2 is 2.25 bits per heavy atom. The van der Waals surface area contributed by atoms with E-state index in [1.807, 2.05) is 6.92 Å². The van der Waals surface area contributed by atoms with Crippen LogP contribution in [0.4, 0.5) is 5.69 Å². The number of aliphatic hydroxyl groups is 1. The normalized spacial score (nSPS) is 22.4. The molecule has 0 radical (unpaired) electrons. The fourth-order valence-corrected chi connectivity index (χ4v) is 2.80. The van der Waals surface area contributed by atoms with Gasteiger partial charge in [0.05, 0.1) is 29.6 Å². The third-order valence-corrected chi connectivity index (χ3v) is 3.93. The van der Waals surface area contributed by atoms with Gasteiger partial charge in [-0.3, -0.25) is 9.78 Å². The van der Waals surface area contributed by atoms with Crippen molar-refractivity contribution in [1.82, 2.24) is 9.88 Å². The van der Waals surface area contributed by atoms with Gasteiger partial charge >= 0.3 is 0 Å². The Kier molecular flexibility index (Phi) is 4.95. The van der Waals surface area contributed by atoms with Crippen LogP contribution in [0, 0.1) is 0 Å². The molecule has 1 saturated carbocycles. The molecule has 1 aromatic rings. The van der Waals surface area contributed by atoms with Crippen LogP contribution >= 0.6 is 0 Å². The predicted octanol–water partition coefficient (Wildman–Crippen LogP) is 1.89. The largest absolute Gasteiger partial charge is 0.391 e. The minimum Gasteiger partial charge on any atom is -0.391 e. The molecule has 0 saturated heterocycles. The highest BCUT2D eigenvalue weighted by molar-refractivity contribution is 5.99. The van der Waals surface area contributed by atoms with Crippen LogP contribution in [0.3, 0.4) is 0 Å². The molecule has 0 aromatic carbocycles. The van der Waals surface area contributed by atoms with Crippen molar-refractivity contribution in [3.8, 4) is 0 Å². The fourth-order valence-electron chi connectivity index (χ4n) is 2.80. The molecule has 1 aliphatic carbocycles. The molecule has 1 heterocycles. The number of aromatic nitrogens is 1. The topological polar surface area (TPSA) is 65.5 Å². The lowest BCUT2D eigenvalue weighted by atomic mass is 9.91. The number of carbonyl (C=O) groups excluding carboxylic acids is 1. The molecule has 1 fully saturated rings. The summed E-state index contributed by atoms with van der Waals surface area (Å²) >= 11 is 0. The summed E-state index contributed by atoms with van der Waals surface area (Å²) in [5.41, 5.74) is 1.36. The van der Waals surface area contributed by atoms with Crippen molar-refractivity contribution in [2.24, 2.45) is 0 Å². The van der Waals surface area contributed by atoms with E-state index in [9.17, 15) is 9.90 Å². The second-order valence-corrected chi connectivity index (χ2v) is 5.29. The highest BCUT2D eigenvalue weighted by Crippen LogP contribution is 2.25. The highest BCUT2D eigenvalue weighted by atomic mass is 16.3. The van der Waals surface area contributed by atoms with E-state index in [0.29, 0.717) is 5.56 Å². The summed E-state index contributed by atoms with van der Waals surface area (Å²) in [5.74, 6) is -0.0608. The zero-order valence-corrected chi connectivity index (χ0v) is 12.2. The van der Waals surface area contributed by atoms with E-state index < -0.39 is 6.10 Å². The number of nitrogens with zero attached hydrogens (tertiary/aromatic N) is 2. The molecule has 110 valence electrons. The van der Waals surface area contributed by atoms with Crippen LogP contribution in [-0.4, -0.2) is 46.6 Å². The number of aliphatic hydroxyl groups excluding tert-OH is 1. The minimum atomic E-state index is -0.415. The molecule has 20 heavy (non-hydrogen) atoms. The number of anilines is 1.